The first kappa shape index (κ1) is 28.2. The summed E-state index contributed by atoms with van der Waals surface area (Å²) in [6.45, 7) is 6.26. The van der Waals surface area contributed by atoms with Crippen molar-refractivity contribution in [2.45, 2.75) is 46.3 Å². The fourth-order valence-corrected chi connectivity index (χ4v) is 4.99. The van der Waals surface area contributed by atoms with Crippen molar-refractivity contribution < 1.29 is 18.0 Å². The zero-order chi connectivity index (χ0) is 25.8. The molecule has 0 aliphatic heterocycles. The van der Waals surface area contributed by atoms with E-state index in [2.05, 4.69) is 5.32 Å². The van der Waals surface area contributed by atoms with Gasteiger partial charge in [0.05, 0.1) is 11.9 Å². The van der Waals surface area contributed by atoms with Crippen LogP contribution in [-0.4, -0.2) is 50.0 Å². The van der Waals surface area contributed by atoms with Crippen LogP contribution in [0.4, 0.5) is 5.69 Å². The third kappa shape index (κ3) is 7.25. The third-order valence-electron chi connectivity index (χ3n) is 5.10. The molecule has 186 valence electrons. The van der Waals surface area contributed by atoms with Crippen molar-refractivity contribution in [3.63, 3.8) is 0 Å². The van der Waals surface area contributed by atoms with Gasteiger partial charge in [0.15, 0.2) is 0 Å². The van der Waals surface area contributed by atoms with E-state index in [4.69, 9.17) is 34.8 Å². The molecular weight excluding hydrogens is 521 g/mol. The van der Waals surface area contributed by atoms with Crippen LogP contribution >= 0.6 is 34.8 Å². The van der Waals surface area contributed by atoms with Gasteiger partial charge in [-0.3, -0.25) is 13.9 Å². The lowest BCUT2D eigenvalue weighted by Gasteiger charge is -2.32. The number of anilines is 1. The first-order valence-electron chi connectivity index (χ1n) is 10.5. The summed E-state index contributed by atoms with van der Waals surface area (Å²) in [7, 11) is -3.85. The smallest absolute Gasteiger partial charge is 0.244 e. The van der Waals surface area contributed by atoms with Crippen molar-refractivity contribution in [1.29, 1.82) is 0 Å². The Bertz CT molecular complexity index is 1150. The van der Waals surface area contributed by atoms with Crippen molar-refractivity contribution in [3.05, 3.63) is 62.6 Å². The molecule has 0 bridgehead atoms. The molecule has 0 saturated heterocycles. The lowest BCUT2D eigenvalue weighted by Crippen LogP contribution is -2.52. The van der Waals surface area contributed by atoms with E-state index >= 15 is 0 Å². The van der Waals surface area contributed by atoms with Crippen LogP contribution in [0.3, 0.4) is 0 Å². The Morgan fingerprint density at radius 1 is 1.03 bits per heavy atom. The van der Waals surface area contributed by atoms with Crippen molar-refractivity contribution in [1.82, 2.24) is 10.2 Å². The number of nitrogens with zero attached hydrogens (tertiary/aromatic N) is 2. The van der Waals surface area contributed by atoms with Crippen LogP contribution in [0.15, 0.2) is 36.4 Å². The third-order valence-corrected chi connectivity index (χ3v) is 7.16. The molecular formula is C23H28Cl3N3O4S. The summed E-state index contributed by atoms with van der Waals surface area (Å²) in [6.07, 6.45) is 1.01. The largest absolute Gasteiger partial charge is 0.352 e. The SMILES string of the molecule is Cc1cc(Cl)ccc1N(CC(=O)N(Cc1c(Cl)cccc1Cl)[C@H](C)C(=O)NC(C)C)S(C)(=O)=O. The molecule has 11 heteroatoms. The molecule has 0 aliphatic carbocycles. The molecule has 0 saturated carbocycles. The van der Waals surface area contributed by atoms with Gasteiger partial charge in [0.1, 0.15) is 12.6 Å². The van der Waals surface area contributed by atoms with E-state index in [1.807, 2.05) is 0 Å². The van der Waals surface area contributed by atoms with Crippen molar-refractivity contribution >= 4 is 62.3 Å². The summed E-state index contributed by atoms with van der Waals surface area (Å²) in [5, 5.41) is 3.88. The summed E-state index contributed by atoms with van der Waals surface area (Å²) in [4.78, 5) is 27.6. The average molecular weight is 549 g/mol. The molecule has 0 fully saturated rings. The van der Waals surface area contributed by atoms with Gasteiger partial charge in [-0.2, -0.15) is 0 Å². The Morgan fingerprint density at radius 2 is 1.62 bits per heavy atom. The zero-order valence-electron chi connectivity index (χ0n) is 19.6. The van der Waals surface area contributed by atoms with E-state index in [9.17, 15) is 18.0 Å². The highest BCUT2D eigenvalue weighted by atomic mass is 35.5. The van der Waals surface area contributed by atoms with Crippen LogP contribution in [0.2, 0.25) is 15.1 Å². The van der Waals surface area contributed by atoms with Gasteiger partial charge in [0.25, 0.3) is 0 Å². The number of rotatable bonds is 9. The minimum Gasteiger partial charge on any atom is -0.352 e. The molecule has 7 nitrogen and oxygen atoms in total. The van der Waals surface area contributed by atoms with Crippen molar-refractivity contribution in [3.8, 4) is 0 Å². The Kier molecular flexibility index (Phi) is 9.65. The molecule has 1 N–H and O–H groups in total. The molecule has 1 atom stereocenters. The number of halogens is 3. The second-order valence-corrected chi connectivity index (χ2v) is 11.4. The van der Waals surface area contributed by atoms with Gasteiger partial charge in [-0.25, -0.2) is 8.42 Å². The number of nitrogens with one attached hydrogen (secondary N) is 1. The zero-order valence-corrected chi connectivity index (χ0v) is 22.7. The standard InChI is InChI=1S/C23H28Cl3N3O4S/c1-14(2)27-23(31)16(4)28(12-18-19(25)7-6-8-20(18)26)22(30)13-29(34(5,32)33)21-10-9-17(24)11-15(21)3/h6-11,14,16H,12-13H2,1-5H3,(H,27,31)/t16-/m1/s1. The van der Waals surface area contributed by atoms with E-state index in [-0.39, 0.29) is 18.5 Å². The fourth-order valence-electron chi connectivity index (χ4n) is 3.33. The topological polar surface area (TPSA) is 86.8 Å². The fraction of sp³-hybridized carbons (Fsp3) is 0.391. The van der Waals surface area contributed by atoms with Gasteiger partial charge < -0.3 is 10.2 Å². The molecule has 2 rings (SSSR count). The van der Waals surface area contributed by atoms with Crippen molar-refractivity contribution in [2.75, 3.05) is 17.1 Å². The number of aryl methyl sites for hydroxylation is 1. The second-order valence-electron chi connectivity index (χ2n) is 8.26. The summed E-state index contributed by atoms with van der Waals surface area (Å²) < 4.78 is 26.3. The molecule has 0 heterocycles. The summed E-state index contributed by atoms with van der Waals surface area (Å²) in [6, 6.07) is 8.55. The Labute approximate surface area is 216 Å². The highest BCUT2D eigenvalue weighted by molar-refractivity contribution is 7.92. The Balaban J connectivity index is 2.49. The summed E-state index contributed by atoms with van der Waals surface area (Å²) in [5.41, 5.74) is 1.35. The van der Waals surface area contributed by atoms with E-state index in [0.29, 0.717) is 31.9 Å². The Morgan fingerprint density at radius 3 is 2.12 bits per heavy atom. The van der Waals surface area contributed by atoms with Crippen LogP contribution in [0.1, 0.15) is 31.9 Å². The molecule has 34 heavy (non-hydrogen) atoms. The summed E-state index contributed by atoms with van der Waals surface area (Å²) >= 11 is 18.6. The lowest BCUT2D eigenvalue weighted by molar-refractivity contribution is -0.139. The number of amides is 2. The van der Waals surface area contributed by atoms with Gasteiger partial charge >= 0.3 is 0 Å². The molecule has 0 unspecified atom stereocenters. The van der Waals surface area contributed by atoms with Crippen LogP contribution in [0.25, 0.3) is 0 Å². The van der Waals surface area contributed by atoms with E-state index < -0.39 is 28.5 Å². The maximum absolute atomic E-state index is 13.5. The number of sulfonamides is 1. The molecule has 0 aliphatic rings. The van der Waals surface area contributed by atoms with Crippen LogP contribution in [0.5, 0.6) is 0 Å². The van der Waals surface area contributed by atoms with Gasteiger partial charge in [0.2, 0.25) is 21.8 Å². The Hall–Kier alpha value is -2.00. The first-order valence-corrected chi connectivity index (χ1v) is 13.5. The highest BCUT2D eigenvalue weighted by Gasteiger charge is 2.31. The number of carbonyl (C=O) groups excluding carboxylic acids is 2. The number of carbonyl (C=O) groups is 2. The van der Waals surface area contributed by atoms with Gasteiger partial charge in [-0.05, 0) is 63.6 Å². The number of benzene rings is 2. The van der Waals surface area contributed by atoms with Crippen molar-refractivity contribution in [2.24, 2.45) is 0 Å². The minimum absolute atomic E-state index is 0.0821. The van der Waals surface area contributed by atoms with Gasteiger partial charge in [0, 0.05) is 33.2 Å². The predicted molar refractivity (Wildman–Crippen MR) is 138 cm³/mol. The van der Waals surface area contributed by atoms with E-state index in [1.165, 1.54) is 11.0 Å². The maximum Gasteiger partial charge on any atom is 0.244 e. The van der Waals surface area contributed by atoms with Gasteiger partial charge in [-0.1, -0.05) is 40.9 Å². The highest BCUT2D eigenvalue weighted by Crippen LogP contribution is 2.28. The summed E-state index contributed by atoms with van der Waals surface area (Å²) in [5.74, 6) is -0.984. The van der Waals surface area contributed by atoms with Crippen LogP contribution < -0.4 is 9.62 Å². The quantitative estimate of drug-likeness (QED) is 0.494. The van der Waals surface area contributed by atoms with Crippen LogP contribution in [0, 0.1) is 6.92 Å². The molecule has 0 radical (unpaired) electrons. The molecule has 0 aromatic heterocycles. The molecule has 2 aromatic carbocycles. The lowest BCUT2D eigenvalue weighted by atomic mass is 10.1. The van der Waals surface area contributed by atoms with E-state index in [0.717, 1.165) is 10.6 Å². The molecule has 2 aromatic rings. The first-order chi connectivity index (χ1) is 15.7. The average Bonchev–Trinajstić information content (AvgIpc) is 2.70. The molecule has 0 spiro atoms. The second kappa shape index (κ2) is 11.6. The normalized spacial score (nSPS) is 12.4. The minimum atomic E-state index is -3.85. The maximum atomic E-state index is 13.5. The number of hydrogen-bond acceptors (Lipinski definition) is 4. The van der Waals surface area contributed by atoms with E-state index in [1.54, 1.807) is 58.0 Å². The predicted octanol–water partition coefficient (Wildman–Crippen LogP) is 4.66. The number of hydrogen-bond donors (Lipinski definition) is 1. The van der Waals surface area contributed by atoms with Gasteiger partial charge in [-0.15, -0.1) is 0 Å². The molecule has 2 amide bonds. The monoisotopic (exact) mass is 547 g/mol. The van der Waals surface area contributed by atoms with Crippen LogP contribution in [-0.2, 0) is 26.2 Å².